The van der Waals surface area contributed by atoms with E-state index < -0.39 is 45.7 Å². The summed E-state index contributed by atoms with van der Waals surface area (Å²) in [5.41, 5.74) is -5.53. The normalized spacial score (nSPS) is 16.2. The number of ether oxygens (including phenoxy) is 1. The molecule has 1 aromatic rings. The van der Waals surface area contributed by atoms with E-state index in [1.165, 1.54) is 4.72 Å². The molecular weight excluding hydrogens is 404 g/mol. The van der Waals surface area contributed by atoms with Gasteiger partial charge in [-0.25, -0.2) is 17.5 Å². The number of hydrogen-bond donors (Lipinski definition) is 2. The highest BCUT2D eigenvalue weighted by Crippen LogP contribution is 2.28. The van der Waals surface area contributed by atoms with Gasteiger partial charge in [0.05, 0.1) is 16.6 Å². The van der Waals surface area contributed by atoms with E-state index >= 15 is 0 Å². The summed E-state index contributed by atoms with van der Waals surface area (Å²) < 4.78 is 79.2. The van der Waals surface area contributed by atoms with Crippen LogP contribution in [0.25, 0.3) is 0 Å². The predicted molar refractivity (Wildman–Crippen MR) is 85.0 cm³/mol. The molecule has 0 spiro atoms. The highest BCUT2D eigenvalue weighted by molar-refractivity contribution is 7.90. The highest BCUT2D eigenvalue weighted by Gasteiger charge is 2.46. The third kappa shape index (κ3) is 5.21. The summed E-state index contributed by atoms with van der Waals surface area (Å²) in [6, 6.07) is 0.578. The number of alkyl halides is 3. The molecule has 0 heterocycles. The zero-order valence-corrected chi connectivity index (χ0v) is 14.9. The molecule has 26 heavy (non-hydrogen) atoms. The maximum Gasteiger partial charge on any atom is 0.511 e. The average Bonchev–Trinajstić information content (AvgIpc) is 3.28. The molecule has 0 bridgehead atoms. The number of carbonyl (C=O) groups is 1. The molecule has 1 atom stereocenters. The molecule has 6 nitrogen and oxygen atoms in total. The molecule has 1 fully saturated rings. The van der Waals surface area contributed by atoms with Gasteiger partial charge >= 0.3 is 15.5 Å². The van der Waals surface area contributed by atoms with Crippen LogP contribution in [-0.2, 0) is 10.0 Å². The fraction of sp³-hybridized carbons (Fsp3) is 0.500. The van der Waals surface area contributed by atoms with Crippen molar-refractivity contribution in [2.75, 3.05) is 6.61 Å². The van der Waals surface area contributed by atoms with Gasteiger partial charge in [-0.1, -0.05) is 11.6 Å². The van der Waals surface area contributed by atoms with E-state index in [4.69, 9.17) is 16.3 Å². The lowest BCUT2D eigenvalue weighted by Crippen LogP contribution is -2.43. The second-order valence-electron chi connectivity index (χ2n) is 5.79. The number of halogens is 5. The SMILES string of the molecule is C[C@@H](COc1cc(C(=O)NC2CC2)c(Cl)cc1F)NS(=O)(=O)C(F)(F)F. The van der Waals surface area contributed by atoms with Crippen LogP contribution in [0.3, 0.4) is 0 Å². The van der Waals surface area contributed by atoms with Crippen molar-refractivity contribution in [2.45, 2.75) is 37.4 Å². The van der Waals surface area contributed by atoms with E-state index in [0.717, 1.165) is 31.9 Å². The number of sulfonamides is 1. The van der Waals surface area contributed by atoms with Crippen molar-refractivity contribution in [2.24, 2.45) is 0 Å². The van der Waals surface area contributed by atoms with Gasteiger partial charge in [0.2, 0.25) is 0 Å². The van der Waals surface area contributed by atoms with Crippen LogP contribution in [0.15, 0.2) is 12.1 Å². The van der Waals surface area contributed by atoms with E-state index in [9.17, 15) is 30.8 Å². The zero-order chi connectivity index (χ0) is 19.7. The second kappa shape index (κ2) is 7.57. The van der Waals surface area contributed by atoms with Crippen LogP contribution in [-0.4, -0.2) is 38.5 Å². The Morgan fingerprint density at radius 3 is 2.54 bits per heavy atom. The number of rotatable bonds is 7. The lowest BCUT2D eigenvalue weighted by Gasteiger charge is -2.17. The van der Waals surface area contributed by atoms with Crippen LogP contribution in [0.1, 0.15) is 30.1 Å². The molecule has 1 aliphatic rings. The van der Waals surface area contributed by atoms with Crippen molar-refractivity contribution in [1.29, 1.82) is 0 Å². The average molecular weight is 419 g/mol. The molecule has 0 saturated heterocycles. The smallest absolute Gasteiger partial charge is 0.489 e. The summed E-state index contributed by atoms with van der Waals surface area (Å²) in [4.78, 5) is 12.0. The van der Waals surface area contributed by atoms with Crippen molar-refractivity contribution in [1.82, 2.24) is 10.0 Å². The molecule has 12 heteroatoms. The van der Waals surface area contributed by atoms with Gasteiger partial charge in [0, 0.05) is 6.04 Å². The molecule has 1 amide bonds. The summed E-state index contributed by atoms with van der Waals surface area (Å²) in [6.07, 6.45) is 1.65. The second-order valence-corrected chi connectivity index (χ2v) is 7.90. The first-order chi connectivity index (χ1) is 11.9. The van der Waals surface area contributed by atoms with Crippen LogP contribution < -0.4 is 14.8 Å². The number of amides is 1. The van der Waals surface area contributed by atoms with Crippen molar-refractivity contribution in [3.8, 4) is 5.75 Å². The van der Waals surface area contributed by atoms with Gasteiger partial charge in [-0.3, -0.25) is 4.79 Å². The molecule has 2 rings (SSSR count). The summed E-state index contributed by atoms with van der Waals surface area (Å²) >= 11 is 5.83. The largest absolute Gasteiger partial charge is 0.511 e. The quantitative estimate of drug-likeness (QED) is 0.667. The molecule has 1 aliphatic carbocycles. The lowest BCUT2D eigenvalue weighted by atomic mass is 10.2. The first kappa shape index (κ1) is 20.7. The minimum atomic E-state index is -5.56. The summed E-state index contributed by atoms with van der Waals surface area (Å²) in [5.74, 6) is -1.91. The zero-order valence-electron chi connectivity index (χ0n) is 13.4. The van der Waals surface area contributed by atoms with Gasteiger partial charge in [0.25, 0.3) is 5.91 Å². The first-order valence-corrected chi connectivity index (χ1v) is 9.28. The molecule has 0 aliphatic heterocycles. The Labute approximate surface area is 151 Å². The van der Waals surface area contributed by atoms with Crippen LogP contribution in [0.2, 0.25) is 5.02 Å². The monoisotopic (exact) mass is 418 g/mol. The van der Waals surface area contributed by atoms with Crippen LogP contribution in [0, 0.1) is 5.82 Å². The molecule has 0 aromatic heterocycles. The van der Waals surface area contributed by atoms with Gasteiger partial charge in [0.1, 0.15) is 6.61 Å². The third-order valence-electron chi connectivity index (χ3n) is 3.33. The number of hydrogen-bond acceptors (Lipinski definition) is 4. The Bertz CT molecular complexity index is 797. The fourth-order valence-corrected chi connectivity index (χ4v) is 2.85. The Morgan fingerprint density at radius 2 is 2.00 bits per heavy atom. The van der Waals surface area contributed by atoms with E-state index in [0.29, 0.717) is 0 Å². The maximum atomic E-state index is 13.9. The summed E-state index contributed by atoms with van der Waals surface area (Å²) in [7, 11) is -5.56. The third-order valence-corrected chi connectivity index (χ3v) is 4.96. The van der Waals surface area contributed by atoms with Gasteiger partial charge < -0.3 is 10.1 Å². The first-order valence-electron chi connectivity index (χ1n) is 7.42. The number of nitrogens with one attached hydrogen (secondary N) is 2. The maximum absolute atomic E-state index is 13.9. The van der Waals surface area contributed by atoms with Gasteiger partial charge in [-0.05, 0) is 31.9 Å². The molecular formula is C14H15ClF4N2O4S. The predicted octanol–water partition coefficient (Wildman–Crippen LogP) is 2.58. The molecule has 146 valence electrons. The van der Waals surface area contributed by atoms with E-state index in [1.54, 1.807) is 0 Å². The number of benzene rings is 1. The highest BCUT2D eigenvalue weighted by atomic mass is 35.5. The van der Waals surface area contributed by atoms with E-state index in [2.05, 4.69) is 5.32 Å². The van der Waals surface area contributed by atoms with Crippen LogP contribution in [0.4, 0.5) is 17.6 Å². The Hall–Kier alpha value is -1.59. The summed E-state index contributed by atoms with van der Waals surface area (Å²) in [6.45, 7) is 0.509. The molecule has 0 unspecified atom stereocenters. The minimum absolute atomic E-state index is 0.0322. The molecule has 1 saturated carbocycles. The van der Waals surface area contributed by atoms with Gasteiger partial charge in [-0.15, -0.1) is 0 Å². The van der Waals surface area contributed by atoms with Gasteiger partial charge in [-0.2, -0.15) is 13.2 Å². The topological polar surface area (TPSA) is 84.5 Å². The Kier molecular flexibility index (Phi) is 6.03. The molecule has 1 aromatic carbocycles. The number of carbonyl (C=O) groups excluding carboxylic acids is 1. The van der Waals surface area contributed by atoms with Crippen molar-refractivity contribution in [3.05, 3.63) is 28.5 Å². The Balaban J connectivity index is 2.05. The summed E-state index contributed by atoms with van der Waals surface area (Å²) in [5, 5.41) is 2.50. The fourth-order valence-electron chi connectivity index (χ4n) is 1.89. The Morgan fingerprint density at radius 1 is 1.38 bits per heavy atom. The van der Waals surface area contributed by atoms with Crippen molar-refractivity contribution < 1.29 is 35.5 Å². The lowest BCUT2D eigenvalue weighted by molar-refractivity contribution is -0.0451. The van der Waals surface area contributed by atoms with Crippen LogP contribution >= 0.6 is 11.6 Å². The van der Waals surface area contributed by atoms with E-state index in [-0.39, 0.29) is 16.6 Å². The van der Waals surface area contributed by atoms with Gasteiger partial charge in [0.15, 0.2) is 11.6 Å². The van der Waals surface area contributed by atoms with Crippen molar-refractivity contribution in [3.63, 3.8) is 0 Å². The standard InChI is InChI=1S/C14H15ClF4N2O4S/c1-7(21-26(23,24)14(17,18)19)6-25-12-4-9(10(15)5-11(12)16)13(22)20-8-2-3-8/h4-5,7-8,21H,2-3,6H2,1H3,(H,20,22)/t7-/m0/s1. The van der Waals surface area contributed by atoms with Crippen LogP contribution in [0.5, 0.6) is 5.75 Å². The minimum Gasteiger partial charge on any atom is -0.489 e. The van der Waals surface area contributed by atoms with E-state index in [1.807, 2.05) is 0 Å². The molecule has 2 N–H and O–H groups in total. The molecule has 0 radical (unpaired) electrons. The van der Waals surface area contributed by atoms with Crippen molar-refractivity contribution >= 4 is 27.5 Å².